The van der Waals surface area contributed by atoms with Crippen LogP contribution < -0.4 is 0 Å². The maximum atomic E-state index is 13.4. The number of nitrogens with zero attached hydrogens (tertiary/aromatic N) is 3. The Labute approximate surface area is 109 Å². The van der Waals surface area contributed by atoms with Crippen LogP contribution in [0.15, 0.2) is 18.2 Å². The molecule has 1 heterocycles. The van der Waals surface area contributed by atoms with E-state index >= 15 is 0 Å². The van der Waals surface area contributed by atoms with Crippen molar-refractivity contribution in [1.82, 2.24) is 15.0 Å². The molecule has 0 unspecified atom stereocenters. The molecule has 1 N–H and O–H groups in total. The van der Waals surface area contributed by atoms with Crippen LogP contribution >= 0.6 is 0 Å². The lowest BCUT2D eigenvalue weighted by Crippen LogP contribution is -2.11. The van der Waals surface area contributed by atoms with Crippen molar-refractivity contribution in [2.24, 2.45) is 0 Å². The third kappa shape index (κ3) is 2.60. The quantitative estimate of drug-likeness (QED) is 0.876. The van der Waals surface area contributed by atoms with Crippen molar-refractivity contribution in [2.45, 2.75) is 13.0 Å². The van der Waals surface area contributed by atoms with Gasteiger partial charge in [0.05, 0.1) is 6.54 Å². The van der Waals surface area contributed by atoms with E-state index in [1.807, 2.05) is 0 Å². The first-order valence-electron chi connectivity index (χ1n) is 5.29. The second kappa shape index (κ2) is 5.27. The van der Waals surface area contributed by atoms with E-state index in [1.54, 1.807) is 0 Å². The van der Waals surface area contributed by atoms with Crippen LogP contribution in [0.1, 0.15) is 28.2 Å². The number of carboxylic acids is 1. The van der Waals surface area contributed by atoms with Crippen molar-refractivity contribution >= 4 is 5.97 Å². The maximum absolute atomic E-state index is 13.4. The van der Waals surface area contributed by atoms with E-state index in [-0.39, 0.29) is 5.56 Å². The topological polar surface area (TPSA) is 68.0 Å². The molecule has 2 rings (SSSR count). The van der Waals surface area contributed by atoms with E-state index in [0.29, 0.717) is 4.68 Å². The SMILES string of the molecule is O=C(O)c1nnn(Cc2cc(F)ccc2F)c1C(F)F. The fourth-order valence-corrected chi connectivity index (χ4v) is 1.63. The second-order valence-electron chi connectivity index (χ2n) is 3.82. The minimum absolute atomic E-state index is 0.242. The predicted molar refractivity (Wildman–Crippen MR) is 57.4 cm³/mol. The fraction of sp³-hybridized carbons (Fsp3) is 0.182. The lowest BCUT2D eigenvalue weighted by molar-refractivity contribution is 0.0675. The number of alkyl halides is 2. The molecule has 1 aromatic carbocycles. The van der Waals surface area contributed by atoms with Crippen LogP contribution in [0, 0.1) is 11.6 Å². The first kappa shape index (κ1) is 14.0. The molecule has 0 saturated carbocycles. The number of carbonyl (C=O) groups is 1. The summed E-state index contributed by atoms with van der Waals surface area (Å²) >= 11 is 0. The minimum atomic E-state index is -3.16. The summed E-state index contributed by atoms with van der Waals surface area (Å²) in [4.78, 5) is 10.7. The molecule has 0 bridgehead atoms. The smallest absolute Gasteiger partial charge is 0.358 e. The van der Waals surface area contributed by atoms with Crippen molar-refractivity contribution in [3.05, 3.63) is 46.8 Å². The normalized spacial score (nSPS) is 11.1. The van der Waals surface area contributed by atoms with E-state index in [0.717, 1.165) is 18.2 Å². The standard InChI is InChI=1S/C11H7F4N3O2/c12-6-1-2-7(13)5(3-6)4-18-9(10(14)15)8(11(19)20)16-17-18/h1-3,10H,4H2,(H,19,20). The van der Waals surface area contributed by atoms with E-state index < -0.39 is 42.0 Å². The molecule has 0 atom stereocenters. The van der Waals surface area contributed by atoms with Gasteiger partial charge in [-0.3, -0.25) is 0 Å². The van der Waals surface area contributed by atoms with E-state index in [4.69, 9.17) is 5.11 Å². The van der Waals surface area contributed by atoms with E-state index in [9.17, 15) is 22.4 Å². The van der Waals surface area contributed by atoms with E-state index in [2.05, 4.69) is 10.3 Å². The fourth-order valence-electron chi connectivity index (χ4n) is 1.63. The van der Waals surface area contributed by atoms with Gasteiger partial charge in [-0.15, -0.1) is 5.10 Å². The molecule has 0 amide bonds. The molecule has 20 heavy (non-hydrogen) atoms. The number of aromatic nitrogens is 3. The van der Waals surface area contributed by atoms with Crippen molar-refractivity contribution < 1.29 is 27.5 Å². The lowest BCUT2D eigenvalue weighted by Gasteiger charge is -2.07. The Morgan fingerprint density at radius 3 is 2.65 bits per heavy atom. The summed E-state index contributed by atoms with van der Waals surface area (Å²) in [5.41, 5.74) is -2.12. The van der Waals surface area contributed by atoms with Crippen LogP contribution in [-0.2, 0) is 6.54 Å². The van der Waals surface area contributed by atoms with Crippen LogP contribution in [-0.4, -0.2) is 26.1 Å². The zero-order valence-electron chi connectivity index (χ0n) is 9.73. The van der Waals surface area contributed by atoms with Gasteiger partial charge in [0.25, 0.3) is 6.43 Å². The largest absolute Gasteiger partial charge is 0.476 e. The molecular weight excluding hydrogens is 282 g/mol. The highest BCUT2D eigenvalue weighted by molar-refractivity contribution is 5.86. The molecular formula is C11H7F4N3O2. The summed E-state index contributed by atoms with van der Waals surface area (Å²) in [7, 11) is 0. The molecule has 0 fully saturated rings. The highest BCUT2D eigenvalue weighted by atomic mass is 19.3. The summed E-state index contributed by atoms with van der Waals surface area (Å²) in [6, 6.07) is 2.52. The number of hydrogen-bond donors (Lipinski definition) is 1. The maximum Gasteiger partial charge on any atom is 0.358 e. The monoisotopic (exact) mass is 289 g/mol. The van der Waals surface area contributed by atoms with Crippen LogP contribution in [0.2, 0.25) is 0 Å². The summed E-state index contributed by atoms with van der Waals surface area (Å²) in [6.45, 7) is -0.552. The molecule has 0 radical (unpaired) electrons. The summed E-state index contributed by atoms with van der Waals surface area (Å²) in [6.07, 6.45) is -3.16. The van der Waals surface area contributed by atoms with Gasteiger partial charge in [-0.1, -0.05) is 5.21 Å². The highest BCUT2D eigenvalue weighted by Gasteiger charge is 2.26. The molecule has 2 aromatic rings. The molecule has 106 valence electrons. The van der Waals surface area contributed by atoms with Crippen molar-refractivity contribution in [1.29, 1.82) is 0 Å². The van der Waals surface area contributed by atoms with Gasteiger partial charge in [-0.2, -0.15) is 0 Å². The van der Waals surface area contributed by atoms with Gasteiger partial charge in [0, 0.05) is 5.56 Å². The van der Waals surface area contributed by atoms with Gasteiger partial charge in [-0.05, 0) is 18.2 Å². The van der Waals surface area contributed by atoms with Gasteiger partial charge in [0.15, 0.2) is 5.69 Å². The van der Waals surface area contributed by atoms with Crippen molar-refractivity contribution in [3.63, 3.8) is 0 Å². The second-order valence-corrected chi connectivity index (χ2v) is 3.82. The number of rotatable bonds is 4. The molecule has 5 nitrogen and oxygen atoms in total. The zero-order chi connectivity index (χ0) is 14.9. The molecule has 0 aliphatic rings. The van der Waals surface area contributed by atoms with E-state index in [1.165, 1.54) is 0 Å². The third-order valence-corrected chi connectivity index (χ3v) is 2.51. The van der Waals surface area contributed by atoms with Crippen molar-refractivity contribution in [3.8, 4) is 0 Å². The van der Waals surface area contributed by atoms with Crippen LogP contribution in [0.5, 0.6) is 0 Å². The Bertz CT molecular complexity index is 657. The highest BCUT2D eigenvalue weighted by Crippen LogP contribution is 2.23. The summed E-state index contributed by atoms with van der Waals surface area (Å²) in [5, 5.41) is 15.1. The van der Waals surface area contributed by atoms with Gasteiger partial charge in [-0.25, -0.2) is 27.0 Å². The first-order valence-corrected chi connectivity index (χ1v) is 5.29. The third-order valence-electron chi connectivity index (χ3n) is 2.51. The van der Waals surface area contributed by atoms with Gasteiger partial charge in [0.2, 0.25) is 0 Å². The molecule has 0 saturated heterocycles. The zero-order valence-corrected chi connectivity index (χ0v) is 9.73. The Balaban J connectivity index is 2.43. The summed E-state index contributed by atoms with van der Waals surface area (Å²) < 4.78 is 52.6. The molecule has 9 heteroatoms. The molecule has 1 aromatic heterocycles. The van der Waals surface area contributed by atoms with Gasteiger partial charge in [0.1, 0.15) is 17.3 Å². The van der Waals surface area contributed by atoms with Crippen LogP contribution in [0.4, 0.5) is 17.6 Å². The Hall–Kier alpha value is -2.45. The van der Waals surface area contributed by atoms with Crippen LogP contribution in [0.25, 0.3) is 0 Å². The first-order chi connectivity index (χ1) is 9.40. The van der Waals surface area contributed by atoms with Gasteiger partial charge >= 0.3 is 5.97 Å². The minimum Gasteiger partial charge on any atom is -0.476 e. The number of carboxylic acid groups (broad SMARTS) is 1. The Kier molecular flexibility index (Phi) is 3.68. The van der Waals surface area contributed by atoms with Crippen LogP contribution in [0.3, 0.4) is 0 Å². The predicted octanol–water partition coefficient (Wildman–Crippen LogP) is 2.24. The average molecular weight is 289 g/mol. The Morgan fingerprint density at radius 1 is 1.35 bits per heavy atom. The lowest BCUT2D eigenvalue weighted by atomic mass is 10.2. The summed E-state index contributed by atoms with van der Waals surface area (Å²) in [5.74, 6) is -3.25. The number of benzene rings is 1. The molecule has 0 spiro atoms. The Morgan fingerprint density at radius 2 is 2.05 bits per heavy atom. The van der Waals surface area contributed by atoms with Crippen molar-refractivity contribution in [2.75, 3.05) is 0 Å². The number of aromatic carboxylic acids is 1. The molecule has 0 aliphatic carbocycles. The number of halogens is 4. The van der Waals surface area contributed by atoms with Gasteiger partial charge < -0.3 is 5.11 Å². The molecule has 0 aliphatic heterocycles. The number of hydrogen-bond acceptors (Lipinski definition) is 3. The average Bonchev–Trinajstić information content (AvgIpc) is 2.78.